The third-order valence-corrected chi connectivity index (χ3v) is 4.03. The molecule has 0 aliphatic carbocycles. The molecule has 9 heteroatoms. The summed E-state index contributed by atoms with van der Waals surface area (Å²) in [6.45, 7) is 1.70. The molecule has 0 radical (unpaired) electrons. The van der Waals surface area contributed by atoms with E-state index >= 15 is 0 Å². The minimum atomic E-state index is -0.442. The Labute approximate surface area is 137 Å². The Morgan fingerprint density at radius 3 is 2.75 bits per heavy atom. The Morgan fingerprint density at radius 1 is 1.17 bits per heavy atom. The summed E-state index contributed by atoms with van der Waals surface area (Å²) in [5, 5.41) is 14.6. The van der Waals surface area contributed by atoms with Crippen LogP contribution >= 0.6 is 0 Å². The molecule has 0 saturated carbocycles. The second kappa shape index (κ2) is 5.84. The van der Waals surface area contributed by atoms with Gasteiger partial charge in [-0.25, -0.2) is 9.97 Å². The molecule has 1 aromatic carbocycles. The summed E-state index contributed by atoms with van der Waals surface area (Å²) in [6.07, 6.45) is 3.36. The molecule has 9 nitrogen and oxygen atoms in total. The van der Waals surface area contributed by atoms with E-state index in [4.69, 9.17) is 9.47 Å². The average Bonchev–Trinajstić information content (AvgIpc) is 3.25. The van der Waals surface area contributed by atoms with Crippen LogP contribution in [0.25, 0.3) is 0 Å². The van der Waals surface area contributed by atoms with Crippen LogP contribution in [0.15, 0.2) is 24.5 Å². The van der Waals surface area contributed by atoms with E-state index in [1.54, 1.807) is 18.2 Å². The van der Waals surface area contributed by atoms with Crippen molar-refractivity contribution in [3.63, 3.8) is 0 Å². The van der Waals surface area contributed by atoms with E-state index in [0.29, 0.717) is 23.0 Å². The van der Waals surface area contributed by atoms with Gasteiger partial charge in [0.25, 0.3) is 0 Å². The zero-order valence-electron chi connectivity index (χ0n) is 12.8. The highest BCUT2D eigenvalue weighted by Gasteiger charge is 2.28. The van der Waals surface area contributed by atoms with Crippen molar-refractivity contribution in [3.8, 4) is 11.5 Å². The molecule has 1 N–H and O–H groups in total. The molecular weight excluding hydrogens is 314 g/mol. The third-order valence-electron chi connectivity index (χ3n) is 4.03. The van der Waals surface area contributed by atoms with Crippen LogP contribution in [0.2, 0.25) is 0 Å². The summed E-state index contributed by atoms with van der Waals surface area (Å²) < 4.78 is 10.6. The molecule has 0 spiro atoms. The summed E-state index contributed by atoms with van der Waals surface area (Å²) in [6, 6.07) is 5.23. The van der Waals surface area contributed by atoms with Crippen molar-refractivity contribution in [3.05, 3.63) is 34.6 Å². The zero-order chi connectivity index (χ0) is 16.5. The first-order valence-electron chi connectivity index (χ1n) is 7.63. The molecule has 0 unspecified atom stereocenters. The van der Waals surface area contributed by atoms with Crippen molar-refractivity contribution in [2.75, 3.05) is 30.1 Å². The summed E-state index contributed by atoms with van der Waals surface area (Å²) >= 11 is 0. The monoisotopic (exact) mass is 329 g/mol. The minimum absolute atomic E-state index is 0.114. The number of aromatic nitrogens is 2. The van der Waals surface area contributed by atoms with Crippen LogP contribution in [0.5, 0.6) is 11.5 Å². The first kappa shape index (κ1) is 14.5. The van der Waals surface area contributed by atoms with E-state index in [2.05, 4.69) is 15.3 Å². The fourth-order valence-corrected chi connectivity index (χ4v) is 2.90. The predicted molar refractivity (Wildman–Crippen MR) is 86.0 cm³/mol. The summed E-state index contributed by atoms with van der Waals surface area (Å²) in [5.74, 6) is 1.76. The molecule has 0 bridgehead atoms. The summed E-state index contributed by atoms with van der Waals surface area (Å²) in [4.78, 5) is 21.3. The normalized spacial score (nSPS) is 15.6. The Morgan fingerprint density at radius 2 is 1.96 bits per heavy atom. The highest BCUT2D eigenvalue weighted by molar-refractivity contribution is 5.75. The maximum atomic E-state index is 11.6. The maximum Gasteiger partial charge on any atom is 0.353 e. The number of anilines is 3. The number of nitrogens with zero attached hydrogens (tertiary/aromatic N) is 4. The van der Waals surface area contributed by atoms with Gasteiger partial charge in [-0.05, 0) is 25.0 Å². The molecule has 0 amide bonds. The van der Waals surface area contributed by atoms with Crippen LogP contribution in [0, 0.1) is 10.1 Å². The van der Waals surface area contributed by atoms with E-state index < -0.39 is 4.92 Å². The Bertz CT molecular complexity index is 791. The molecule has 24 heavy (non-hydrogen) atoms. The molecule has 1 fully saturated rings. The number of hydrogen-bond donors (Lipinski definition) is 1. The van der Waals surface area contributed by atoms with Crippen LogP contribution in [0.1, 0.15) is 12.8 Å². The number of nitro groups is 1. The molecule has 1 aromatic heterocycles. The molecule has 3 heterocycles. The average molecular weight is 329 g/mol. The first-order valence-corrected chi connectivity index (χ1v) is 7.63. The Kier molecular flexibility index (Phi) is 3.52. The first-order chi connectivity index (χ1) is 11.7. The van der Waals surface area contributed by atoms with Gasteiger partial charge < -0.3 is 19.7 Å². The lowest BCUT2D eigenvalue weighted by Crippen LogP contribution is -2.21. The van der Waals surface area contributed by atoms with Gasteiger partial charge in [-0.3, -0.25) is 10.1 Å². The van der Waals surface area contributed by atoms with Crippen LogP contribution in [-0.4, -0.2) is 34.8 Å². The lowest BCUT2D eigenvalue weighted by molar-refractivity contribution is -0.383. The Balaban J connectivity index is 1.69. The van der Waals surface area contributed by atoms with Crippen molar-refractivity contribution < 1.29 is 14.4 Å². The van der Waals surface area contributed by atoms with Gasteiger partial charge in [-0.15, -0.1) is 0 Å². The smallest absolute Gasteiger partial charge is 0.353 e. The molecule has 1 saturated heterocycles. The molecule has 124 valence electrons. The highest BCUT2D eigenvalue weighted by atomic mass is 16.7. The van der Waals surface area contributed by atoms with Gasteiger partial charge in [-0.1, -0.05) is 0 Å². The highest BCUT2D eigenvalue weighted by Crippen LogP contribution is 2.38. The standard InChI is InChI=1S/C15H15N5O4/c21-20(22)13-14(16-8-17-15(13)19-5-1-2-6-19)18-10-3-4-11-12(7-10)24-9-23-11/h3-4,7-8H,1-2,5-6,9H2,(H,16,17,18). The van der Waals surface area contributed by atoms with E-state index in [9.17, 15) is 10.1 Å². The van der Waals surface area contributed by atoms with Gasteiger partial charge in [0.1, 0.15) is 6.33 Å². The van der Waals surface area contributed by atoms with Gasteiger partial charge >= 0.3 is 5.69 Å². The fraction of sp³-hybridized carbons (Fsp3) is 0.333. The van der Waals surface area contributed by atoms with E-state index in [1.807, 2.05) is 4.90 Å². The van der Waals surface area contributed by atoms with Crippen LogP contribution in [0.4, 0.5) is 23.0 Å². The maximum absolute atomic E-state index is 11.6. The minimum Gasteiger partial charge on any atom is -0.454 e. The number of ether oxygens (including phenoxy) is 2. The topological polar surface area (TPSA) is 103 Å². The zero-order valence-corrected chi connectivity index (χ0v) is 12.8. The number of rotatable bonds is 4. The van der Waals surface area contributed by atoms with Crippen molar-refractivity contribution >= 4 is 23.0 Å². The quantitative estimate of drug-likeness (QED) is 0.674. The summed E-state index contributed by atoms with van der Waals surface area (Å²) in [5.41, 5.74) is 0.519. The van der Waals surface area contributed by atoms with Gasteiger partial charge in [0.15, 0.2) is 11.5 Å². The second-order valence-electron chi connectivity index (χ2n) is 5.54. The van der Waals surface area contributed by atoms with Gasteiger partial charge in [0, 0.05) is 24.8 Å². The fourth-order valence-electron chi connectivity index (χ4n) is 2.90. The number of fused-ring (bicyclic) bond motifs is 1. The summed E-state index contributed by atoms with van der Waals surface area (Å²) in [7, 11) is 0. The molecule has 0 atom stereocenters. The van der Waals surface area contributed by atoms with Crippen molar-refractivity contribution in [2.45, 2.75) is 12.8 Å². The second-order valence-corrected chi connectivity index (χ2v) is 5.54. The van der Waals surface area contributed by atoms with Gasteiger partial charge in [-0.2, -0.15) is 0 Å². The van der Waals surface area contributed by atoms with Crippen LogP contribution in [0.3, 0.4) is 0 Å². The van der Waals surface area contributed by atoms with Crippen LogP contribution in [-0.2, 0) is 0 Å². The largest absolute Gasteiger partial charge is 0.454 e. The molecule has 4 rings (SSSR count). The van der Waals surface area contributed by atoms with Crippen LogP contribution < -0.4 is 19.7 Å². The van der Waals surface area contributed by atoms with Gasteiger partial charge in [0.05, 0.1) is 4.92 Å². The van der Waals surface area contributed by atoms with Crippen molar-refractivity contribution in [1.29, 1.82) is 0 Å². The van der Waals surface area contributed by atoms with E-state index in [1.165, 1.54) is 6.33 Å². The number of benzene rings is 1. The molecule has 2 aliphatic rings. The number of hydrogen-bond acceptors (Lipinski definition) is 8. The third kappa shape index (κ3) is 2.53. The SMILES string of the molecule is O=[N+]([O-])c1c(Nc2ccc3c(c2)OCO3)ncnc1N1CCCC1. The molecule has 2 aromatic rings. The predicted octanol–water partition coefficient (Wildman–Crippen LogP) is 2.46. The van der Waals surface area contributed by atoms with Crippen molar-refractivity contribution in [1.82, 2.24) is 9.97 Å². The van der Waals surface area contributed by atoms with Crippen molar-refractivity contribution in [2.24, 2.45) is 0 Å². The van der Waals surface area contributed by atoms with Gasteiger partial charge in [0.2, 0.25) is 18.4 Å². The Hall–Kier alpha value is -3.10. The molecule has 2 aliphatic heterocycles. The van der Waals surface area contributed by atoms with E-state index in [-0.39, 0.29) is 18.3 Å². The lowest BCUT2D eigenvalue weighted by Gasteiger charge is -2.17. The lowest BCUT2D eigenvalue weighted by atomic mass is 10.2. The van der Waals surface area contributed by atoms with E-state index in [0.717, 1.165) is 25.9 Å². The molecular formula is C15H15N5O4. The number of nitrogens with one attached hydrogen (secondary N) is 1.